The van der Waals surface area contributed by atoms with E-state index in [9.17, 15) is 4.79 Å². The number of pyridine rings is 1. The van der Waals surface area contributed by atoms with Crippen molar-refractivity contribution in [2.45, 2.75) is 6.92 Å². The molecule has 0 fully saturated rings. The van der Waals surface area contributed by atoms with Crippen LogP contribution in [0, 0.1) is 6.92 Å². The number of carbonyl (C=O) groups is 1. The molecule has 1 aromatic carbocycles. The first-order valence-electron chi connectivity index (χ1n) is 5.21. The molecule has 3 rings (SSSR count). The highest BCUT2D eigenvalue weighted by Crippen LogP contribution is 2.26. The molecule has 17 heavy (non-hydrogen) atoms. The Morgan fingerprint density at radius 2 is 2.12 bits per heavy atom. The number of nitrogens with zero attached hydrogens (tertiary/aromatic N) is 2. The summed E-state index contributed by atoms with van der Waals surface area (Å²) in [6, 6.07) is 7.41. The monoisotopic (exact) mass is 226 g/mol. The van der Waals surface area contributed by atoms with Crippen LogP contribution in [0.3, 0.4) is 0 Å². The van der Waals surface area contributed by atoms with Crippen LogP contribution in [-0.4, -0.2) is 21.1 Å². The Balaban J connectivity index is 2.63. The first-order valence-corrected chi connectivity index (χ1v) is 5.21. The van der Waals surface area contributed by atoms with Crippen molar-refractivity contribution in [3.05, 3.63) is 35.5 Å². The lowest BCUT2D eigenvalue weighted by Gasteiger charge is -2.04. The predicted molar refractivity (Wildman–Crippen MR) is 64.6 cm³/mol. The number of nitrogens with one attached hydrogen (secondary N) is 1. The van der Waals surface area contributed by atoms with Crippen LogP contribution in [0.1, 0.15) is 16.1 Å². The van der Waals surface area contributed by atoms with Crippen LogP contribution in [0.5, 0.6) is 0 Å². The SMILES string of the molecule is Cc1[nH]nc2nc3ccccc3c(C(N)=O)c12. The number of amides is 1. The van der Waals surface area contributed by atoms with Gasteiger partial charge in [0.05, 0.1) is 16.5 Å². The van der Waals surface area contributed by atoms with Crippen LogP contribution in [-0.2, 0) is 0 Å². The zero-order valence-corrected chi connectivity index (χ0v) is 9.19. The molecule has 84 valence electrons. The molecule has 5 heteroatoms. The fourth-order valence-corrected chi connectivity index (χ4v) is 2.08. The summed E-state index contributed by atoms with van der Waals surface area (Å²) in [7, 11) is 0. The van der Waals surface area contributed by atoms with Gasteiger partial charge in [0.25, 0.3) is 0 Å². The average molecular weight is 226 g/mol. The van der Waals surface area contributed by atoms with Gasteiger partial charge in [0, 0.05) is 11.1 Å². The Bertz CT molecular complexity index is 745. The quantitative estimate of drug-likeness (QED) is 0.659. The van der Waals surface area contributed by atoms with Gasteiger partial charge in [0.1, 0.15) is 0 Å². The molecule has 0 atom stereocenters. The van der Waals surface area contributed by atoms with Gasteiger partial charge >= 0.3 is 0 Å². The molecular formula is C12H10N4O. The second-order valence-corrected chi connectivity index (χ2v) is 3.92. The van der Waals surface area contributed by atoms with E-state index in [1.165, 1.54) is 0 Å². The molecule has 0 saturated heterocycles. The molecule has 0 spiro atoms. The topological polar surface area (TPSA) is 84.7 Å². The van der Waals surface area contributed by atoms with E-state index in [2.05, 4.69) is 15.2 Å². The van der Waals surface area contributed by atoms with Crippen LogP contribution in [0.2, 0.25) is 0 Å². The molecule has 2 heterocycles. The van der Waals surface area contributed by atoms with Crippen LogP contribution in [0.4, 0.5) is 0 Å². The second-order valence-electron chi connectivity index (χ2n) is 3.92. The number of hydrogen-bond donors (Lipinski definition) is 2. The highest BCUT2D eigenvalue weighted by molar-refractivity contribution is 6.15. The number of aromatic nitrogens is 3. The van der Waals surface area contributed by atoms with E-state index in [0.29, 0.717) is 16.6 Å². The van der Waals surface area contributed by atoms with Crippen molar-refractivity contribution in [2.75, 3.05) is 0 Å². The lowest BCUT2D eigenvalue weighted by molar-refractivity contribution is 0.100. The van der Waals surface area contributed by atoms with Gasteiger partial charge in [-0.05, 0) is 13.0 Å². The number of rotatable bonds is 1. The minimum Gasteiger partial charge on any atom is -0.366 e. The van der Waals surface area contributed by atoms with Gasteiger partial charge < -0.3 is 5.73 Å². The molecule has 3 aromatic rings. The van der Waals surface area contributed by atoms with Gasteiger partial charge in [-0.15, -0.1) is 0 Å². The number of carbonyl (C=O) groups excluding carboxylic acids is 1. The molecule has 0 aliphatic rings. The Morgan fingerprint density at radius 1 is 1.35 bits per heavy atom. The van der Waals surface area contributed by atoms with Crippen molar-refractivity contribution < 1.29 is 4.79 Å². The third-order valence-electron chi connectivity index (χ3n) is 2.82. The zero-order chi connectivity index (χ0) is 12.0. The number of H-pyrrole nitrogens is 1. The van der Waals surface area contributed by atoms with Crippen molar-refractivity contribution in [1.29, 1.82) is 0 Å². The first kappa shape index (κ1) is 9.77. The van der Waals surface area contributed by atoms with E-state index in [-0.39, 0.29) is 0 Å². The molecule has 3 N–H and O–H groups in total. The van der Waals surface area contributed by atoms with Crippen LogP contribution >= 0.6 is 0 Å². The first-order chi connectivity index (χ1) is 8.18. The van der Waals surface area contributed by atoms with Gasteiger partial charge in [-0.25, -0.2) is 4.98 Å². The fourth-order valence-electron chi connectivity index (χ4n) is 2.08. The van der Waals surface area contributed by atoms with Crippen molar-refractivity contribution >= 4 is 27.8 Å². The molecule has 0 radical (unpaired) electrons. The minimum atomic E-state index is -0.460. The lowest BCUT2D eigenvalue weighted by Crippen LogP contribution is -2.12. The van der Waals surface area contributed by atoms with E-state index >= 15 is 0 Å². The van der Waals surface area contributed by atoms with E-state index in [1.54, 1.807) is 0 Å². The van der Waals surface area contributed by atoms with Crippen LogP contribution in [0.25, 0.3) is 21.9 Å². The van der Waals surface area contributed by atoms with E-state index in [1.807, 2.05) is 31.2 Å². The Labute approximate surface area is 96.6 Å². The number of para-hydroxylation sites is 1. The van der Waals surface area contributed by atoms with Crippen molar-refractivity contribution in [1.82, 2.24) is 15.2 Å². The zero-order valence-electron chi connectivity index (χ0n) is 9.19. The molecule has 0 aliphatic heterocycles. The largest absolute Gasteiger partial charge is 0.366 e. The average Bonchev–Trinajstić information content (AvgIpc) is 2.67. The number of aryl methyl sites for hydroxylation is 1. The molecule has 5 nitrogen and oxygen atoms in total. The maximum atomic E-state index is 11.6. The third-order valence-corrected chi connectivity index (χ3v) is 2.82. The van der Waals surface area contributed by atoms with E-state index in [0.717, 1.165) is 16.6 Å². The normalized spacial score (nSPS) is 11.1. The highest BCUT2D eigenvalue weighted by Gasteiger charge is 2.16. The summed E-state index contributed by atoms with van der Waals surface area (Å²) in [5.41, 5.74) is 7.99. The second kappa shape index (κ2) is 3.28. The summed E-state index contributed by atoms with van der Waals surface area (Å²) >= 11 is 0. The van der Waals surface area contributed by atoms with Crippen molar-refractivity contribution in [2.24, 2.45) is 5.73 Å². The molecule has 0 saturated carbocycles. The summed E-state index contributed by atoms with van der Waals surface area (Å²) in [6.45, 7) is 1.85. The third kappa shape index (κ3) is 1.29. The number of hydrogen-bond acceptors (Lipinski definition) is 3. The molecule has 1 amide bonds. The number of fused-ring (bicyclic) bond motifs is 2. The smallest absolute Gasteiger partial charge is 0.250 e. The molecule has 0 aliphatic carbocycles. The minimum absolute atomic E-state index is 0.460. The summed E-state index contributed by atoms with van der Waals surface area (Å²) in [4.78, 5) is 16.0. The van der Waals surface area contributed by atoms with Crippen molar-refractivity contribution in [3.8, 4) is 0 Å². The number of aromatic amines is 1. The summed E-state index contributed by atoms with van der Waals surface area (Å²) in [6.07, 6.45) is 0. The number of benzene rings is 1. The summed E-state index contributed by atoms with van der Waals surface area (Å²) < 4.78 is 0. The standard InChI is InChI=1S/C12H10N4O/c1-6-9-10(11(13)17)7-4-2-3-5-8(7)14-12(9)16-15-6/h2-5H,1H3,(H2,13,17)(H,14,15,16). The number of nitrogens with two attached hydrogens (primary N) is 1. The van der Waals surface area contributed by atoms with E-state index < -0.39 is 5.91 Å². The van der Waals surface area contributed by atoms with Crippen LogP contribution < -0.4 is 5.73 Å². The van der Waals surface area contributed by atoms with Gasteiger partial charge in [-0.1, -0.05) is 18.2 Å². The van der Waals surface area contributed by atoms with Gasteiger partial charge in [-0.3, -0.25) is 9.89 Å². The van der Waals surface area contributed by atoms with Gasteiger partial charge in [0.2, 0.25) is 5.91 Å². The Kier molecular flexibility index (Phi) is 1.89. The number of primary amides is 1. The van der Waals surface area contributed by atoms with Gasteiger partial charge in [-0.2, -0.15) is 5.10 Å². The molecule has 0 unspecified atom stereocenters. The van der Waals surface area contributed by atoms with Gasteiger partial charge in [0.15, 0.2) is 5.65 Å². The maximum Gasteiger partial charge on any atom is 0.250 e. The lowest BCUT2D eigenvalue weighted by atomic mass is 10.0. The molecular weight excluding hydrogens is 216 g/mol. The molecule has 0 bridgehead atoms. The molecule has 2 aromatic heterocycles. The Morgan fingerprint density at radius 3 is 2.88 bits per heavy atom. The van der Waals surface area contributed by atoms with Crippen LogP contribution in [0.15, 0.2) is 24.3 Å². The van der Waals surface area contributed by atoms with Crippen molar-refractivity contribution in [3.63, 3.8) is 0 Å². The summed E-state index contributed by atoms with van der Waals surface area (Å²) in [5, 5.41) is 8.36. The Hall–Kier alpha value is -2.43. The highest BCUT2D eigenvalue weighted by atomic mass is 16.1. The summed E-state index contributed by atoms with van der Waals surface area (Å²) in [5.74, 6) is -0.460. The fraction of sp³-hybridized carbons (Fsp3) is 0.0833. The maximum absolute atomic E-state index is 11.6. The predicted octanol–water partition coefficient (Wildman–Crippen LogP) is 1.52. The van der Waals surface area contributed by atoms with E-state index in [4.69, 9.17) is 5.73 Å².